The Balaban J connectivity index is 1.48. The molecule has 6 heteroatoms. The van der Waals surface area contributed by atoms with Gasteiger partial charge in [-0.25, -0.2) is 4.79 Å². The van der Waals surface area contributed by atoms with Crippen molar-refractivity contribution in [2.24, 2.45) is 0 Å². The minimum atomic E-state index is -0.262. The lowest BCUT2D eigenvalue weighted by atomic mass is 9.99. The van der Waals surface area contributed by atoms with Crippen LogP contribution >= 0.6 is 0 Å². The number of nitrogens with one attached hydrogen (secondary N) is 2. The predicted molar refractivity (Wildman–Crippen MR) is 88.3 cm³/mol. The summed E-state index contributed by atoms with van der Waals surface area (Å²) in [5.41, 5.74) is 2.82. The molecule has 2 N–H and O–H groups in total. The molecule has 2 aromatic rings. The van der Waals surface area contributed by atoms with E-state index in [0.29, 0.717) is 18.1 Å². The number of carbonyl (C=O) groups excluding carboxylic acids is 1. The minimum absolute atomic E-state index is 0.262. The Hall–Kier alpha value is -2.34. The Bertz CT molecular complexity index is 683. The van der Waals surface area contributed by atoms with Gasteiger partial charge in [0.05, 0.1) is 0 Å². The molecule has 0 bridgehead atoms. The van der Waals surface area contributed by atoms with Gasteiger partial charge in [0.15, 0.2) is 5.82 Å². The average molecular weight is 314 g/mol. The van der Waals surface area contributed by atoms with E-state index in [-0.39, 0.29) is 12.1 Å². The second-order valence-corrected chi connectivity index (χ2v) is 6.00. The van der Waals surface area contributed by atoms with E-state index in [1.807, 2.05) is 0 Å². The second-order valence-electron chi connectivity index (χ2n) is 6.00. The highest BCUT2D eigenvalue weighted by atomic mass is 16.5. The van der Waals surface area contributed by atoms with E-state index in [1.54, 1.807) is 13.0 Å². The van der Waals surface area contributed by atoms with Crippen LogP contribution in [0.1, 0.15) is 23.8 Å². The zero-order valence-corrected chi connectivity index (χ0v) is 13.5. The molecule has 3 rings (SSSR count). The van der Waals surface area contributed by atoms with Crippen LogP contribution in [0.25, 0.3) is 0 Å². The molecule has 1 atom stereocenters. The lowest BCUT2D eigenvalue weighted by Gasteiger charge is -2.33. The number of aryl methyl sites for hydroxylation is 1. The SMILES string of the molecule is Cc1cc(NC(=O)NC[C@H](C)N2CCc3ccccc3C2)no1. The molecule has 6 nitrogen and oxygen atoms in total. The fourth-order valence-electron chi connectivity index (χ4n) is 2.85. The molecule has 1 aromatic heterocycles. The quantitative estimate of drug-likeness (QED) is 0.910. The third-order valence-electron chi connectivity index (χ3n) is 4.21. The van der Waals surface area contributed by atoms with Crippen molar-refractivity contribution in [3.05, 3.63) is 47.2 Å². The summed E-state index contributed by atoms with van der Waals surface area (Å²) < 4.78 is 4.92. The standard InChI is InChI=1S/C17H22N4O2/c1-12(10-18-17(22)19-16-9-13(2)23-20-16)21-8-7-14-5-3-4-6-15(14)11-21/h3-6,9,12H,7-8,10-11H2,1-2H3,(H2,18,19,20,22)/t12-/m0/s1. The number of carbonyl (C=O) groups is 1. The van der Waals surface area contributed by atoms with E-state index in [2.05, 4.69) is 51.9 Å². The van der Waals surface area contributed by atoms with Gasteiger partial charge in [0, 0.05) is 31.7 Å². The molecule has 0 spiro atoms. The molecule has 0 fully saturated rings. The van der Waals surface area contributed by atoms with Crippen LogP contribution in [0, 0.1) is 6.92 Å². The summed E-state index contributed by atoms with van der Waals surface area (Å²) in [6.45, 7) is 6.46. The number of fused-ring (bicyclic) bond motifs is 1. The number of urea groups is 1. The maximum absolute atomic E-state index is 11.9. The Morgan fingerprint density at radius 3 is 2.91 bits per heavy atom. The van der Waals surface area contributed by atoms with E-state index in [4.69, 9.17) is 4.52 Å². The summed E-state index contributed by atoms with van der Waals surface area (Å²) in [4.78, 5) is 14.3. The van der Waals surface area contributed by atoms with Gasteiger partial charge in [-0.1, -0.05) is 29.4 Å². The van der Waals surface area contributed by atoms with Gasteiger partial charge in [-0.2, -0.15) is 0 Å². The van der Waals surface area contributed by atoms with Gasteiger partial charge < -0.3 is 9.84 Å². The predicted octanol–water partition coefficient (Wildman–Crippen LogP) is 2.55. The Labute approximate surface area is 135 Å². The molecule has 0 saturated heterocycles. The lowest BCUT2D eigenvalue weighted by Crippen LogP contribution is -2.45. The van der Waals surface area contributed by atoms with Crippen molar-refractivity contribution in [2.45, 2.75) is 32.9 Å². The first-order valence-electron chi connectivity index (χ1n) is 7.91. The van der Waals surface area contributed by atoms with E-state index < -0.39 is 0 Å². The number of rotatable bonds is 4. The van der Waals surface area contributed by atoms with Gasteiger partial charge in [0.2, 0.25) is 0 Å². The van der Waals surface area contributed by atoms with E-state index in [9.17, 15) is 4.79 Å². The average Bonchev–Trinajstić information content (AvgIpc) is 2.97. The highest BCUT2D eigenvalue weighted by Gasteiger charge is 2.20. The zero-order valence-electron chi connectivity index (χ0n) is 13.5. The van der Waals surface area contributed by atoms with E-state index in [0.717, 1.165) is 19.5 Å². The molecule has 2 heterocycles. The number of anilines is 1. The van der Waals surface area contributed by atoms with Crippen molar-refractivity contribution in [3.8, 4) is 0 Å². The Kier molecular flexibility index (Phi) is 4.62. The Morgan fingerprint density at radius 1 is 1.39 bits per heavy atom. The first-order chi connectivity index (χ1) is 11.1. The van der Waals surface area contributed by atoms with Gasteiger partial charge in [0.25, 0.3) is 0 Å². The fourth-order valence-corrected chi connectivity index (χ4v) is 2.85. The molecule has 0 aliphatic carbocycles. The van der Waals surface area contributed by atoms with Crippen LogP contribution in [0.3, 0.4) is 0 Å². The van der Waals surface area contributed by atoms with Crippen molar-refractivity contribution in [3.63, 3.8) is 0 Å². The van der Waals surface area contributed by atoms with Crippen LogP contribution in [-0.2, 0) is 13.0 Å². The van der Waals surface area contributed by atoms with Crippen molar-refractivity contribution < 1.29 is 9.32 Å². The fraction of sp³-hybridized carbons (Fsp3) is 0.412. The third-order valence-corrected chi connectivity index (χ3v) is 4.21. The summed E-state index contributed by atoms with van der Waals surface area (Å²) in [6.07, 6.45) is 1.06. The van der Waals surface area contributed by atoms with E-state index in [1.165, 1.54) is 11.1 Å². The summed E-state index contributed by atoms with van der Waals surface area (Å²) >= 11 is 0. The number of amides is 2. The van der Waals surface area contributed by atoms with Crippen LogP contribution in [0.4, 0.5) is 10.6 Å². The van der Waals surface area contributed by atoms with E-state index >= 15 is 0 Å². The first kappa shape index (κ1) is 15.6. The van der Waals surface area contributed by atoms with Gasteiger partial charge in [0.1, 0.15) is 5.76 Å². The first-order valence-corrected chi connectivity index (χ1v) is 7.91. The maximum atomic E-state index is 11.9. The monoisotopic (exact) mass is 314 g/mol. The molecular formula is C17H22N4O2. The van der Waals surface area contributed by atoms with Gasteiger partial charge in [-0.05, 0) is 31.4 Å². The molecule has 0 unspecified atom stereocenters. The molecule has 122 valence electrons. The van der Waals surface area contributed by atoms with Gasteiger partial charge in [-0.3, -0.25) is 10.2 Å². The molecule has 1 aromatic carbocycles. The number of aromatic nitrogens is 1. The van der Waals surface area contributed by atoms with Gasteiger partial charge in [-0.15, -0.1) is 0 Å². The topological polar surface area (TPSA) is 70.4 Å². The van der Waals surface area contributed by atoms with Crippen molar-refractivity contribution in [1.29, 1.82) is 0 Å². The van der Waals surface area contributed by atoms with Crippen molar-refractivity contribution in [1.82, 2.24) is 15.4 Å². The van der Waals surface area contributed by atoms with Crippen LogP contribution in [0.15, 0.2) is 34.9 Å². The normalized spacial score (nSPS) is 15.7. The third kappa shape index (κ3) is 3.90. The molecule has 1 aliphatic rings. The molecule has 0 radical (unpaired) electrons. The Morgan fingerprint density at radius 2 is 2.17 bits per heavy atom. The number of hydrogen-bond acceptors (Lipinski definition) is 4. The number of hydrogen-bond donors (Lipinski definition) is 2. The van der Waals surface area contributed by atoms with Crippen LogP contribution < -0.4 is 10.6 Å². The summed E-state index contributed by atoms with van der Waals surface area (Å²) in [6, 6.07) is 10.2. The van der Waals surface area contributed by atoms with Gasteiger partial charge >= 0.3 is 6.03 Å². The number of benzene rings is 1. The molecule has 1 aliphatic heterocycles. The zero-order chi connectivity index (χ0) is 16.2. The van der Waals surface area contributed by atoms with Crippen LogP contribution in [-0.4, -0.2) is 35.2 Å². The van der Waals surface area contributed by atoms with Crippen LogP contribution in [0.2, 0.25) is 0 Å². The molecule has 23 heavy (non-hydrogen) atoms. The minimum Gasteiger partial charge on any atom is -0.360 e. The summed E-state index contributed by atoms with van der Waals surface area (Å²) in [5.74, 6) is 1.10. The maximum Gasteiger partial charge on any atom is 0.320 e. The number of nitrogens with zero attached hydrogens (tertiary/aromatic N) is 2. The smallest absolute Gasteiger partial charge is 0.320 e. The molecule has 0 saturated carbocycles. The largest absolute Gasteiger partial charge is 0.360 e. The van der Waals surface area contributed by atoms with Crippen molar-refractivity contribution in [2.75, 3.05) is 18.4 Å². The lowest BCUT2D eigenvalue weighted by molar-refractivity contribution is 0.186. The van der Waals surface area contributed by atoms with Crippen LogP contribution in [0.5, 0.6) is 0 Å². The summed E-state index contributed by atoms with van der Waals surface area (Å²) in [7, 11) is 0. The molecule has 2 amide bonds. The highest BCUT2D eigenvalue weighted by molar-refractivity contribution is 5.88. The van der Waals surface area contributed by atoms with Crippen molar-refractivity contribution >= 4 is 11.8 Å². The molecular weight excluding hydrogens is 292 g/mol. The summed E-state index contributed by atoms with van der Waals surface area (Å²) in [5, 5.41) is 9.29. The second kappa shape index (κ2) is 6.83. The highest BCUT2D eigenvalue weighted by Crippen LogP contribution is 2.19.